The molecule has 5 heteroatoms. The zero-order valence-corrected chi connectivity index (χ0v) is 16.5. The van der Waals surface area contributed by atoms with E-state index in [1.54, 1.807) is 0 Å². The SMILES string of the molecule is CCC(C)C(N)C(=O)N(C)CC1CCN(CC(O)c2ccccc2)CC1. The van der Waals surface area contributed by atoms with Crippen LogP contribution in [0.4, 0.5) is 0 Å². The van der Waals surface area contributed by atoms with Gasteiger partial charge in [-0.3, -0.25) is 4.79 Å². The third kappa shape index (κ3) is 5.79. The molecule has 146 valence electrons. The summed E-state index contributed by atoms with van der Waals surface area (Å²) >= 11 is 0. The summed E-state index contributed by atoms with van der Waals surface area (Å²) < 4.78 is 0. The molecule has 0 aliphatic carbocycles. The smallest absolute Gasteiger partial charge is 0.239 e. The lowest BCUT2D eigenvalue weighted by Crippen LogP contribution is -2.48. The fraction of sp³-hybridized carbons (Fsp3) is 0.667. The number of carbonyl (C=O) groups excluding carboxylic acids is 1. The molecule has 1 aliphatic heterocycles. The van der Waals surface area contributed by atoms with Crippen molar-refractivity contribution in [2.75, 3.05) is 33.2 Å². The summed E-state index contributed by atoms with van der Waals surface area (Å²) in [4.78, 5) is 16.6. The van der Waals surface area contributed by atoms with Gasteiger partial charge in [-0.15, -0.1) is 0 Å². The summed E-state index contributed by atoms with van der Waals surface area (Å²) in [7, 11) is 1.87. The number of amides is 1. The molecule has 0 bridgehead atoms. The molecule has 1 amide bonds. The standard InChI is InChI=1S/C21H35N3O2/c1-4-16(2)20(22)21(26)23(3)14-17-10-12-24(13-11-17)15-19(25)18-8-6-5-7-9-18/h5-9,16-17,19-20,25H,4,10-15,22H2,1-3H3. The maximum absolute atomic E-state index is 12.4. The molecular weight excluding hydrogens is 326 g/mol. The molecule has 0 radical (unpaired) electrons. The average Bonchev–Trinajstić information content (AvgIpc) is 2.68. The van der Waals surface area contributed by atoms with E-state index in [2.05, 4.69) is 11.8 Å². The maximum Gasteiger partial charge on any atom is 0.239 e. The number of aliphatic hydroxyl groups excluding tert-OH is 1. The topological polar surface area (TPSA) is 69.8 Å². The Morgan fingerprint density at radius 1 is 1.31 bits per heavy atom. The number of rotatable bonds is 8. The molecule has 5 nitrogen and oxygen atoms in total. The molecule has 3 unspecified atom stereocenters. The first-order valence-corrected chi connectivity index (χ1v) is 9.88. The largest absolute Gasteiger partial charge is 0.387 e. The first-order chi connectivity index (χ1) is 12.4. The molecule has 1 aromatic carbocycles. The van der Waals surface area contributed by atoms with E-state index in [-0.39, 0.29) is 11.8 Å². The fourth-order valence-corrected chi connectivity index (χ4v) is 3.61. The van der Waals surface area contributed by atoms with Crippen LogP contribution in [0.2, 0.25) is 0 Å². The summed E-state index contributed by atoms with van der Waals surface area (Å²) in [6.45, 7) is 7.48. The van der Waals surface area contributed by atoms with Crippen molar-refractivity contribution in [3.05, 3.63) is 35.9 Å². The normalized spacial score (nSPS) is 19.7. The van der Waals surface area contributed by atoms with Gasteiger partial charge in [0.25, 0.3) is 0 Å². The van der Waals surface area contributed by atoms with E-state index in [4.69, 9.17) is 5.73 Å². The van der Waals surface area contributed by atoms with E-state index in [0.29, 0.717) is 12.5 Å². The number of benzene rings is 1. The van der Waals surface area contributed by atoms with Gasteiger partial charge in [0.15, 0.2) is 0 Å². The fourth-order valence-electron chi connectivity index (χ4n) is 3.61. The second-order valence-electron chi connectivity index (χ2n) is 7.80. The number of hydrogen-bond donors (Lipinski definition) is 2. The van der Waals surface area contributed by atoms with Crippen LogP contribution in [0.15, 0.2) is 30.3 Å². The van der Waals surface area contributed by atoms with Gasteiger partial charge >= 0.3 is 0 Å². The summed E-state index contributed by atoms with van der Waals surface area (Å²) in [5.74, 6) is 0.783. The van der Waals surface area contributed by atoms with Gasteiger partial charge in [0, 0.05) is 20.1 Å². The van der Waals surface area contributed by atoms with E-state index in [9.17, 15) is 9.90 Å². The van der Waals surface area contributed by atoms with Crippen molar-refractivity contribution in [2.24, 2.45) is 17.6 Å². The molecule has 0 saturated carbocycles. The van der Waals surface area contributed by atoms with Crippen molar-refractivity contribution in [2.45, 2.75) is 45.3 Å². The van der Waals surface area contributed by atoms with Crippen LogP contribution >= 0.6 is 0 Å². The monoisotopic (exact) mass is 361 g/mol. The predicted octanol–water partition coefficient (Wildman–Crippen LogP) is 2.26. The van der Waals surface area contributed by atoms with Crippen LogP contribution in [0.25, 0.3) is 0 Å². The zero-order valence-electron chi connectivity index (χ0n) is 16.5. The van der Waals surface area contributed by atoms with Crippen molar-refractivity contribution in [3.63, 3.8) is 0 Å². The van der Waals surface area contributed by atoms with Gasteiger partial charge in [-0.1, -0.05) is 50.6 Å². The Bertz CT molecular complexity index is 543. The van der Waals surface area contributed by atoms with E-state index in [0.717, 1.165) is 44.5 Å². The highest BCUT2D eigenvalue weighted by Gasteiger charge is 2.27. The molecular formula is C21H35N3O2. The Balaban J connectivity index is 1.75. The number of piperidine rings is 1. The first-order valence-electron chi connectivity index (χ1n) is 9.88. The minimum atomic E-state index is -0.439. The van der Waals surface area contributed by atoms with Gasteiger partial charge in [-0.05, 0) is 43.3 Å². The Morgan fingerprint density at radius 2 is 1.92 bits per heavy atom. The number of likely N-dealkylation sites (N-methyl/N-ethyl adjacent to an activating group) is 1. The molecule has 26 heavy (non-hydrogen) atoms. The summed E-state index contributed by atoms with van der Waals surface area (Å²) in [5.41, 5.74) is 7.05. The molecule has 0 spiro atoms. The Kier molecular flexibility index (Phi) is 8.07. The molecule has 1 aliphatic rings. The molecule has 1 heterocycles. The second kappa shape index (κ2) is 10.0. The quantitative estimate of drug-likeness (QED) is 0.745. The van der Waals surface area contributed by atoms with Gasteiger partial charge in [-0.25, -0.2) is 0 Å². The number of nitrogens with zero attached hydrogens (tertiary/aromatic N) is 2. The highest BCUT2D eigenvalue weighted by molar-refractivity contribution is 5.81. The zero-order chi connectivity index (χ0) is 19.1. The Morgan fingerprint density at radius 3 is 2.50 bits per heavy atom. The molecule has 3 N–H and O–H groups in total. The predicted molar refractivity (Wildman–Crippen MR) is 106 cm³/mol. The number of carbonyl (C=O) groups is 1. The van der Waals surface area contributed by atoms with Crippen LogP contribution < -0.4 is 5.73 Å². The van der Waals surface area contributed by atoms with Crippen molar-refractivity contribution < 1.29 is 9.90 Å². The van der Waals surface area contributed by atoms with Crippen LogP contribution in [0.5, 0.6) is 0 Å². The van der Waals surface area contributed by atoms with E-state index in [1.807, 2.05) is 49.2 Å². The average molecular weight is 362 g/mol. The lowest BCUT2D eigenvalue weighted by Gasteiger charge is -2.35. The molecule has 1 aromatic rings. The Labute approximate surface area is 158 Å². The summed E-state index contributed by atoms with van der Waals surface area (Å²) in [6, 6.07) is 9.43. The second-order valence-corrected chi connectivity index (χ2v) is 7.80. The number of aliphatic hydroxyl groups is 1. The summed E-state index contributed by atoms with van der Waals surface area (Å²) in [5, 5.41) is 10.4. The minimum absolute atomic E-state index is 0.0567. The number of likely N-dealkylation sites (tertiary alicyclic amines) is 1. The molecule has 1 saturated heterocycles. The number of β-amino-alcohol motifs (C(OH)–C–C–N with tert-alkyl or cyclic N) is 1. The minimum Gasteiger partial charge on any atom is -0.387 e. The number of hydrogen-bond acceptors (Lipinski definition) is 4. The van der Waals surface area contributed by atoms with Crippen LogP contribution in [-0.4, -0.2) is 60.1 Å². The number of nitrogens with two attached hydrogens (primary N) is 1. The highest BCUT2D eigenvalue weighted by atomic mass is 16.3. The van der Waals surface area contributed by atoms with Crippen LogP contribution in [0.3, 0.4) is 0 Å². The third-order valence-electron chi connectivity index (χ3n) is 5.77. The van der Waals surface area contributed by atoms with Crippen LogP contribution in [-0.2, 0) is 4.79 Å². The van der Waals surface area contributed by atoms with Crippen LogP contribution in [0.1, 0.15) is 44.8 Å². The third-order valence-corrected chi connectivity index (χ3v) is 5.77. The van der Waals surface area contributed by atoms with Crippen molar-refractivity contribution in [1.82, 2.24) is 9.80 Å². The van der Waals surface area contributed by atoms with Crippen molar-refractivity contribution in [1.29, 1.82) is 0 Å². The molecule has 1 fully saturated rings. The molecule has 3 atom stereocenters. The first kappa shape index (κ1) is 20.9. The van der Waals surface area contributed by atoms with E-state index < -0.39 is 12.1 Å². The Hall–Kier alpha value is -1.43. The maximum atomic E-state index is 12.4. The van der Waals surface area contributed by atoms with Gasteiger partial charge < -0.3 is 20.6 Å². The van der Waals surface area contributed by atoms with Gasteiger partial charge in [0.2, 0.25) is 5.91 Å². The molecule has 2 rings (SSSR count). The van der Waals surface area contributed by atoms with Gasteiger partial charge in [-0.2, -0.15) is 0 Å². The lowest BCUT2D eigenvalue weighted by atomic mass is 9.94. The van der Waals surface area contributed by atoms with E-state index >= 15 is 0 Å². The molecule has 0 aromatic heterocycles. The van der Waals surface area contributed by atoms with Crippen molar-refractivity contribution in [3.8, 4) is 0 Å². The van der Waals surface area contributed by atoms with Crippen molar-refractivity contribution >= 4 is 5.91 Å². The summed E-state index contributed by atoms with van der Waals surface area (Å²) in [6.07, 6.45) is 2.59. The van der Waals surface area contributed by atoms with Gasteiger partial charge in [0.05, 0.1) is 12.1 Å². The van der Waals surface area contributed by atoms with Crippen LogP contribution in [0, 0.1) is 11.8 Å². The lowest BCUT2D eigenvalue weighted by molar-refractivity contribution is -0.133. The van der Waals surface area contributed by atoms with Gasteiger partial charge in [0.1, 0.15) is 0 Å². The highest BCUT2D eigenvalue weighted by Crippen LogP contribution is 2.22. The van der Waals surface area contributed by atoms with E-state index in [1.165, 1.54) is 0 Å².